The molecule has 6 heteroatoms. The summed E-state index contributed by atoms with van der Waals surface area (Å²) in [4.78, 5) is 16.4. The standard InChI is InChI=1S/C20H30ClN3O2/c1-22-15-20(25)24-10-6-16(7-11-24)18-5-4-17(21)14-19(18)26-13-12-23-8-2-3-9-23/h4-5,14,16,22H,2-3,6-13,15H2,1H3. The van der Waals surface area contributed by atoms with Gasteiger partial charge in [-0.2, -0.15) is 0 Å². The zero-order chi connectivity index (χ0) is 18.4. The number of rotatable bonds is 7. The Kier molecular flexibility index (Phi) is 7.17. The van der Waals surface area contributed by atoms with Gasteiger partial charge in [-0.25, -0.2) is 0 Å². The highest BCUT2D eigenvalue weighted by molar-refractivity contribution is 6.30. The summed E-state index contributed by atoms with van der Waals surface area (Å²) in [6.07, 6.45) is 4.54. The molecule has 3 rings (SSSR count). The second-order valence-electron chi connectivity index (χ2n) is 7.26. The summed E-state index contributed by atoms with van der Waals surface area (Å²) < 4.78 is 6.13. The first kappa shape index (κ1) is 19.5. The molecule has 0 aliphatic carbocycles. The maximum absolute atomic E-state index is 12.0. The Balaban J connectivity index is 1.58. The number of carbonyl (C=O) groups is 1. The predicted octanol–water partition coefficient (Wildman–Crippen LogP) is 2.74. The molecule has 144 valence electrons. The molecule has 2 saturated heterocycles. The second kappa shape index (κ2) is 9.58. The van der Waals surface area contributed by atoms with Crippen molar-refractivity contribution in [1.29, 1.82) is 0 Å². The minimum Gasteiger partial charge on any atom is -0.492 e. The van der Waals surface area contributed by atoms with Crippen molar-refractivity contribution in [1.82, 2.24) is 15.1 Å². The van der Waals surface area contributed by atoms with Crippen LogP contribution < -0.4 is 10.1 Å². The van der Waals surface area contributed by atoms with Crippen molar-refractivity contribution in [2.24, 2.45) is 0 Å². The molecule has 0 spiro atoms. The van der Waals surface area contributed by atoms with Crippen molar-refractivity contribution in [3.8, 4) is 5.75 Å². The average molecular weight is 380 g/mol. The van der Waals surface area contributed by atoms with Gasteiger partial charge >= 0.3 is 0 Å². The van der Waals surface area contributed by atoms with Gasteiger partial charge in [0.25, 0.3) is 0 Å². The van der Waals surface area contributed by atoms with Crippen LogP contribution in [0.4, 0.5) is 0 Å². The lowest BCUT2D eigenvalue weighted by Gasteiger charge is -2.33. The van der Waals surface area contributed by atoms with Gasteiger partial charge in [0.15, 0.2) is 0 Å². The number of halogens is 1. The summed E-state index contributed by atoms with van der Waals surface area (Å²) in [6, 6.07) is 5.99. The summed E-state index contributed by atoms with van der Waals surface area (Å²) in [7, 11) is 1.81. The number of hydrogen-bond donors (Lipinski definition) is 1. The van der Waals surface area contributed by atoms with Gasteiger partial charge in [0, 0.05) is 24.7 Å². The lowest BCUT2D eigenvalue weighted by molar-refractivity contribution is -0.131. The van der Waals surface area contributed by atoms with Crippen LogP contribution in [0.15, 0.2) is 18.2 Å². The van der Waals surface area contributed by atoms with E-state index in [9.17, 15) is 4.79 Å². The Morgan fingerprint density at radius 2 is 1.96 bits per heavy atom. The number of hydrogen-bond acceptors (Lipinski definition) is 4. The number of likely N-dealkylation sites (tertiary alicyclic amines) is 2. The second-order valence-corrected chi connectivity index (χ2v) is 7.70. The minimum absolute atomic E-state index is 0.184. The van der Waals surface area contributed by atoms with E-state index >= 15 is 0 Å². The molecule has 1 aromatic rings. The SMILES string of the molecule is CNCC(=O)N1CCC(c2ccc(Cl)cc2OCCN2CCCC2)CC1. The van der Waals surface area contributed by atoms with Crippen LogP contribution in [0, 0.1) is 0 Å². The van der Waals surface area contributed by atoms with E-state index in [2.05, 4.69) is 16.3 Å². The van der Waals surface area contributed by atoms with E-state index < -0.39 is 0 Å². The Bertz CT molecular complexity index is 597. The van der Waals surface area contributed by atoms with Gasteiger partial charge in [0.1, 0.15) is 12.4 Å². The number of likely N-dealkylation sites (N-methyl/N-ethyl adjacent to an activating group) is 1. The van der Waals surface area contributed by atoms with Crippen LogP contribution in [0.1, 0.15) is 37.2 Å². The zero-order valence-electron chi connectivity index (χ0n) is 15.7. The highest BCUT2D eigenvalue weighted by Crippen LogP contribution is 2.36. The first-order valence-corrected chi connectivity index (χ1v) is 10.1. The Morgan fingerprint density at radius 1 is 1.23 bits per heavy atom. The van der Waals surface area contributed by atoms with Crippen LogP contribution >= 0.6 is 11.6 Å². The highest BCUT2D eigenvalue weighted by atomic mass is 35.5. The average Bonchev–Trinajstić information content (AvgIpc) is 3.16. The fraction of sp³-hybridized carbons (Fsp3) is 0.650. The van der Waals surface area contributed by atoms with Gasteiger partial charge in [0.05, 0.1) is 6.54 Å². The number of piperidine rings is 1. The molecule has 1 N–H and O–H groups in total. The smallest absolute Gasteiger partial charge is 0.236 e. The lowest BCUT2D eigenvalue weighted by Crippen LogP contribution is -2.41. The van der Waals surface area contributed by atoms with Crippen LogP contribution in [0.2, 0.25) is 5.02 Å². The maximum atomic E-state index is 12.0. The third-order valence-electron chi connectivity index (χ3n) is 5.45. The summed E-state index contributed by atoms with van der Waals surface area (Å²) in [5.74, 6) is 1.52. The van der Waals surface area contributed by atoms with Gasteiger partial charge in [-0.1, -0.05) is 17.7 Å². The number of amides is 1. The molecule has 1 aromatic carbocycles. The Hall–Kier alpha value is -1.30. The van der Waals surface area contributed by atoms with E-state index in [0.717, 1.165) is 38.2 Å². The lowest BCUT2D eigenvalue weighted by atomic mass is 9.88. The third-order valence-corrected chi connectivity index (χ3v) is 5.69. The molecule has 2 aliphatic heterocycles. The number of nitrogens with zero attached hydrogens (tertiary/aromatic N) is 2. The van der Waals surface area contributed by atoms with Gasteiger partial charge in [-0.3, -0.25) is 9.69 Å². The first-order valence-electron chi connectivity index (χ1n) is 9.74. The van der Waals surface area contributed by atoms with E-state index in [1.165, 1.54) is 31.5 Å². The normalized spacial score (nSPS) is 19.1. The highest BCUT2D eigenvalue weighted by Gasteiger charge is 2.25. The van der Waals surface area contributed by atoms with E-state index in [0.29, 0.717) is 24.1 Å². The van der Waals surface area contributed by atoms with Gasteiger partial charge < -0.3 is 15.0 Å². The molecule has 0 bridgehead atoms. The molecule has 2 heterocycles. The van der Waals surface area contributed by atoms with Crippen LogP contribution in [0.3, 0.4) is 0 Å². The van der Waals surface area contributed by atoms with Crippen molar-refractivity contribution >= 4 is 17.5 Å². The zero-order valence-corrected chi connectivity index (χ0v) is 16.4. The number of nitrogens with one attached hydrogen (secondary N) is 1. The molecule has 0 radical (unpaired) electrons. The fourth-order valence-electron chi connectivity index (χ4n) is 3.96. The third kappa shape index (κ3) is 5.12. The molecule has 2 fully saturated rings. The molecule has 5 nitrogen and oxygen atoms in total. The van der Waals surface area contributed by atoms with Crippen molar-refractivity contribution in [2.75, 3.05) is 52.9 Å². The van der Waals surface area contributed by atoms with Crippen molar-refractivity contribution in [2.45, 2.75) is 31.6 Å². The molecule has 26 heavy (non-hydrogen) atoms. The van der Waals surface area contributed by atoms with E-state index in [1.54, 1.807) is 0 Å². The van der Waals surface area contributed by atoms with Crippen LogP contribution in [-0.4, -0.2) is 68.6 Å². The van der Waals surface area contributed by atoms with Crippen molar-refractivity contribution in [3.05, 3.63) is 28.8 Å². The summed E-state index contributed by atoms with van der Waals surface area (Å²) in [6.45, 7) is 6.07. The molecule has 1 amide bonds. The number of benzene rings is 1. The molecule has 0 unspecified atom stereocenters. The van der Waals surface area contributed by atoms with Crippen LogP contribution in [0.5, 0.6) is 5.75 Å². The topological polar surface area (TPSA) is 44.8 Å². The molecule has 0 atom stereocenters. The Morgan fingerprint density at radius 3 is 2.65 bits per heavy atom. The largest absolute Gasteiger partial charge is 0.492 e. The van der Waals surface area contributed by atoms with Crippen molar-refractivity contribution < 1.29 is 9.53 Å². The quantitative estimate of drug-likeness (QED) is 0.791. The number of carbonyl (C=O) groups excluding carboxylic acids is 1. The van der Waals surface area contributed by atoms with Gasteiger partial charge in [0.2, 0.25) is 5.91 Å². The monoisotopic (exact) mass is 379 g/mol. The Labute approximate surface area is 161 Å². The summed E-state index contributed by atoms with van der Waals surface area (Å²) in [5.41, 5.74) is 1.23. The van der Waals surface area contributed by atoms with E-state index in [1.807, 2.05) is 24.1 Å². The van der Waals surface area contributed by atoms with Crippen molar-refractivity contribution in [3.63, 3.8) is 0 Å². The summed E-state index contributed by atoms with van der Waals surface area (Å²) in [5, 5.41) is 3.65. The summed E-state index contributed by atoms with van der Waals surface area (Å²) >= 11 is 6.21. The maximum Gasteiger partial charge on any atom is 0.236 e. The van der Waals surface area contributed by atoms with E-state index in [4.69, 9.17) is 16.3 Å². The predicted molar refractivity (Wildman–Crippen MR) is 105 cm³/mol. The fourth-order valence-corrected chi connectivity index (χ4v) is 4.13. The molecule has 0 aromatic heterocycles. The molecular weight excluding hydrogens is 350 g/mol. The van der Waals surface area contributed by atoms with Gasteiger partial charge in [-0.15, -0.1) is 0 Å². The van der Waals surface area contributed by atoms with Crippen LogP contribution in [0.25, 0.3) is 0 Å². The first-order chi connectivity index (χ1) is 12.7. The molecule has 0 saturated carbocycles. The van der Waals surface area contributed by atoms with Gasteiger partial charge in [-0.05, 0) is 69.4 Å². The minimum atomic E-state index is 0.184. The van der Waals surface area contributed by atoms with E-state index in [-0.39, 0.29) is 5.91 Å². The van der Waals surface area contributed by atoms with Crippen LogP contribution in [-0.2, 0) is 4.79 Å². The molecule has 2 aliphatic rings. The molecular formula is C20H30ClN3O2. The number of ether oxygens (including phenoxy) is 1.